The van der Waals surface area contributed by atoms with E-state index in [1.807, 2.05) is 0 Å². The first-order chi connectivity index (χ1) is 7.75. The maximum absolute atomic E-state index is 11.0. The second-order valence-corrected chi connectivity index (χ2v) is 3.97. The van der Waals surface area contributed by atoms with E-state index in [4.69, 9.17) is 5.11 Å². The number of carboxylic acids is 1. The van der Waals surface area contributed by atoms with Crippen LogP contribution in [0.15, 0.2) is 12.3 Å². The van der Waals surface area contributed by atoms with E-state index < -0.39 is 5.97 Å². The number of aryl methyl sites for hydroxylation is 1. The molecule has 0 fully saturated rings. The Kier molecular flexibility index (Phi) is 1.89. The first kappa shape index (κ1) is 9.26. The van der Waals surface area contributed by atoms with Gasteiger partial charge in [0.25, 0.3) is 0 Å². The third-order valence-corrected chi connectivity index (χ3v) is 3.00. The molecular weight excluding hydrogens is 208 g/mol. The molecule has 0 aliphatic heterocycles. The van der Waals surface area contributed by atoms with Gasteiger partial charge in [-0.15, -0.1) is 5.10 Å². The Hall–Kier alpha value is -1.98. The number of carbonyl (C=O) groups is 1. The summed E-state index contributed by atoms with van der Waals surface area (Å²) in [6, 6.07) is 1.76. The first-order valence-corrected chi connectivity index (χ1v) is 5.16. The van der Waals surface area contributed by atoms with Crippen molar-refractivity contribution in [3.05, 3.63) is 23.7 Å². The molecule has 0 aromatic carbocycles. The van der Waals surface area contributed by atoms with Gasteiger partial charge < -0.3 is 5.11 Å². The van der Waals surface area contributed by atoms with Crippen LogP contribution in [0.5, 0.6) is 0 Å². The van der Waals surface area contributed by atoms with E-state index in [0.717, 1.165) is 11.4 Å². The Morgan fingerprint density at radius 1 is 1.50 bits per heavy atom. The molecular formula is C10H10N4O2. The molecule has 0 radical (unpaired) electrons. The first-order valence-electron chi connectivity index (χ1n) is 5.16. The zero-order valence-corrected chi connectivity index (χ0v) is 8.50. The van der Waals surface area contributed by atoms with Crippen molar-refractivity contribution < 1.29 is 9.90 Å². The van der Waals surface area contributed by atoms with Crippen molar-refractivity contribution in [2.45, 2.75) is 19.3 Å². The molecule has 1 aliphatic rings. The summed E-state index contributed by atoms with van der Waals surface area (Å²) in [5, 5.41) is 21.3. The predicted octanol–water partition coefficient (Wildman–Crippen LogP) is 0.314. The summed E-state index contributed by atoms with van der Waals surface area (Å²) in [7, 11) is 0. The monoisotopic (exact) mass is 218 g/mol. The minimum absolute atomic E-state index is 0.330. The largest absolute Gasteiger partial charge is 0.481 e. The van der Waals surface area contributed by atoms with E-state index in [1.165, 1.54) is 0 Å². The van der Waals surface area contributed by atoms with Crippen LogP contribution in [0.4, 0.5) is 0 Å². The Morgan fingerprint density at radius 2 is 2.38 bits per heavy atom. The predicted molar refractivity (Wildman–Crippen MR) is 53.9 cm³/mol. The van der Waals surface area contributed by atoms with Crippen LogP contribution in [0.2, 0.25) is 0 Å². The fraction of sp³-hybridized carbons (Fsp3) is 0.400. The third kappa shape index (κ3) is 1.26. The number of carboxylic acid groups (broad SMARTS) is 1. The number of aromatic nitrogens is 4. The lowest BCUT2D eigenvalue weighted by molar-refractivity contribution is -0.142. The topological polar surface area (TPSA) is 80.4 Å². The van der Waals surface area contributed by atoms with Crippen LogP contribution >= 0.6 is 0 Å². The highest BCUT2D eigenvalue weighted by Crippen LogP contribution is 2.23. The van der Waals surface area contributed by atoms with Crippen LogP contribution in [0.25, 0.3) is 5.65 Å². The fourth-order valence-electron chi connectivity index (χ4n) is 2.13. The van der Waals surface area contributed by atoms with E-state index in [2.05, 4.69) is 15.3 Å². The summed E-state index contributed by atoms with van der Waals surface area (Å²) >= 11 is 0. The normalized spacial score (nSPS) is 19.6. The number of hydrogen-bond donors (Lipinski definition) is 1. The minimum Gasteiger partial charge on any atom is -0.481 e. The average molecular weight is 218 g/mol. The van der Waals surface area contributed by atoms with Crippen molar-refractivity contribution in [3.63, 3.8) is 0 Å². The molecule has 0 saturated carbocycles. The van der Waals surface area contributed by atoms with Gasteiger partial charge in [0, 0.05) is 12.5 Å². The smallest absolute Gasteiger partial charge is 0.306 e. The van der Waals surface area contributed by atoms with Gasteiger partial charge in [-0.05, 0) is 12.8 Å². The molecule has 2 heterocycles. The lowest BCUT2D eigenvalue weighted by Gasteiger charge is -2.20. The molecule has 1 unspecified atom stereocenters. The van der Waals surface area contributed by atoms with Crippen molar-refractivity contribution in [1.29, 1.82) is 0 Å². The molecule has 82 valence electrons. The van der Waals surface area contributed by atoms with Crippen molar-refractivity contribution in [2.24, 2.45) is 5.92 Å². The molecule has 2 aromatic heterocycles. The maximum Gasteiger partial charge on any atom is 0.306 e. The van der Waals surface area contributed by atoms with Gasteiger partial charge in [0.2, 0.25) is 0 Å². The summed E-state index contributed by atoms with van der Waals surface area (Å²) in [5.74, 6) is -1.08. The molecule has 1 atom stereocenters. The number of rotatable bonds is 1. The second-order valence-electron chi connectivity index (χ2n) is 3.97. The lowest BCUT2D eigenvalue weighted by atomic mass is 9.90. The highest BCUT2D eigenvalue weighted by atomic mass is 16.4. The van der Waals surface area contributed by atoms with E-state index in [0.29, 0.717) is 24.9 Å². The summed E-state index contributed by atoms with van der Waals surface area (Å²) in [6.07, 6.45) is 3.42. The average Bonchev–Trinajstić information content (AvgIpc) is 2.76. The Bertz CT molecular complexity index is 563. The lowest BCUT2D eigenvalue weighted by Crippen LogP contribution is -2.25. The van der Waals surface area contributed by atoms with Crippen LogP contribution in [-0.2, 0) is 17.6 Å². The molecule has 16 heavy (non-hydrogen) atoms. The summed E-state index contributed by atoms with van der Waals surface area (Å²) in [6.45, 7) is 0. The van der Waals surface area contributed by atoms with E-state index in [9.17, 15) is 4.79 Å². The standard InChI is InChI=1S/C10H10N4O2/c15-10(16)6-1-2-7-8(5-6)14-9(13-12-7)3-4-11-14/h3-4,6H,1-2,5H2,(H,15,16). The van der Waals surface area contributed by atoms with Crippen LogP contribution < -0.4 is 0 Å². The fourth-order valence-corrected chi connectivity index (χ4v) is 2.13. The van der Waals surface area contributed by atoms with Crippen molar-refractivity contribution in [3.8, 4) is 0 Å². The maximum atomic E-state index is 11.0. The zero-order chi connectivity index (χ0) is 11.1. The van der Waals surface area contributed by atoms with Crippen LogP contribution in [0.1, 0.15) is 17.8 Å². The van der Waals surface area contributed by atoms with Crippen LogP contribution in [-0.4, -0.2) is 30.9 Å². The van der Waals surface area contributed by atoms with E-state index in [1.54, 1.807) is 16.8 Å². The molecule has 2 aromatic rings. The van der Waals surface area contributed by atoms with Gasteiger partial charge in [-0.3, -0.25) is 4.79 Å². The number of hydrogen-bond acceptors (Lipinski definition) is 4. The molecule has 0 amide bonds. The molecule has 0 saturated heterocycles. The summed E-state index contributed by atoms with van der Waals surface area (Å²) in [5.41, 5.74) is 2.42. The van der Waals surface area contributed by atoms with Crippen LogP contribution in [0, 0.1) is 5.92 Å². The van der Waals surface area contributed by atoms with Crippen molar-refractivity contribution >= 4 is 11.6 Å². The molecule has 6 heteroatoms. The van der Waals surface area contributed by atoms with Gasteiger partial charge in [-0.1, -0.05) is 0 Å². The van der Waals surface area contributed by atoms with Gasteiger partial charge >= 0.3 is 5.97 Å². The zero-order valence-electron chi connectivity index (χ0n) is 8.50. The number of fused-ring (bicyclic) bond motifs is 3. The van der Waals surface area contributed by atoms with Gasteiger partial charge in [-0.2, -0.15) is 10.2 Å². The van der Waals surface area contributed by atoms with Crippen molar-refractivity contribution in [1.82, 2.24) is 19.8 Å². The van der Waals surface area contributed by atoms with Crippen LogP contribution in [0.3, 0.4) is 0 Å². The molecule has 3 rings (SSSR count). The second kappa shape index (κ2) is 3.26. The van der Waals surface area contributed by atoms with Gasteiger partial charge in [0.05, 0.1) is 23.5 Å². The van der Waals surface area contributed by atoms with E-state index >= 15 is 0 Å². The van der Waals surface area contributed by atoms with Crippen molar-refractivity contribution in [2.75, 3.05) is 0 Å². The Balaban J connectivity index is 2.13. The molecule has 1 N–H and O–H groups in total. The molecule has 0 spiro atoms. The third-order valence-electron chi connectivity index (χ3n) is 3.00. The van der Waals surface area contributed by atoms with Gasteiger partial charge in [0.1, 0.15) is 0 Å². The minimum atomic E-state index is -0.747. The highest BCUT2D eigenvalue weighted by Gasteiger charge is 2.27. The Labute approximate surface area is 90.9 Å². The Morgan fingerprint density at radius 3 is 3.19 bits per heavy atom. The van der Waals surface area contributed by atoms with E-state index in [-0.39, 0.29) is 5.92 Å². The van der Waals surface area contributed by atoms with Gasteiger partial charge in [-0.25, -0.2) is 4.52 Å². The summed E-state index contributed by atoms with van der Waals surface area (Å²) in [4.78, 5) is 11.0. The number of nitrogens with zero attached hydrogens (tertiary/aromatic N) is 4. The SMILES string of the molecule is O=C(O)C1CCc2nnc3ccnn3c2C1. The number of aliphatic carboxylic acids is 1. The highest BCUT2D eigenvalue weighted by molar-refractivity contribution is 5.70. The molecule has 0 bridgehead atoms. The van der Waals surface area contributed by atoms with Gasteiger partial charge in [0.15, 0.2) is 5.65 Å². The summed E-state index contributed by atoms with van der Waals surface area (Å²) < 4.78 is 1.69. The molecule has 1 aliphatic carbocycles. The molecule has 6 nitrogen and oxygen atoms in total. The quantitative estimate of drug-likeness (QED) is 0.745.